The standard InChI is InChI=1S/C23H14F8N2O5.C15H9F5N2O3.C8H6F4O2/c1-10-14(5-6-16(18(10)24)38-23(29,30)31)37-15-4-3-12(22(26,27)28)19(25)17(15)20(34)33-11-7-8-32-13(9-11)21(35)36-2;1-25-14(24)10-6-7(4-5-21-10)22-13(23)11-9(16)3-2-8(12(11)17)15(18,19)20;1-4-5(13)2-3-6(7(4)9)14-8(10,11)12/h3-9H,1-2H3,(H,32,33,34);2-6H,1H3,(H,21,22,23);2-3,13H,1H3/i1D3;;1D3. The molecule has 3 N–H and O–H groups in total. The molecule has 0 spiro atoms. The van der Waals surface area contributed by atoms with Crippen LogP contribution in [0, 0.1) is 42.8 Å². The van der Waals surface area contributed by atoms with Crippen LogP contribution in [0.5, 0.6) is 28.7 Å². The van der Waals surface area contributed by atoms with Gasteiger partial charge < -0.3 is 39.4 Å². The third-order valence-electron chi connectivity index (χ3n) is 8.91. The highest BCUT2D eigenvalue weighted by molar-refractivity contribution is 6.07. The summed E-state index contributed by atoms with van der Waals surface area (Å²) in [4.78, 5) is 55.3. The summed E-state index contributed by atoms with van der Waals surface area (Å²) in [6.45, 7) is -6.61. The molecule has 412 valence electrons. The number of carbonyl (C=O) groups is 4. The molecule has 0 saturated carbocycles. The molecule has 0 atom stereocenters. The number of pyridine rings is 2. The first-order valence-corrected chi connectivity index (χ1v) is 19.7. The molecule has 0 fully saturated rings. The van der Waals surface area contributed by atoms with Crippen LogP contribution in [0.1, 0.15) is 72.2 Å². The summed E-state index contributed by atoms with van der Waals surface area (Å²) in [6, 6.07) is 7.17. The number of ether oxygens (including phenoxy) is 5. The van der Waals surface area contributed by atoms with Crippen molar-refractivity contribution in [3.05, 3.63) is 159 Å². The lowest BCUT2D eigenvalue weighted by Gasteiger charge is -2.18. The number of methoxy groups -OCH3 is 2. The van der Waals surface area contributed by atoms with Crippen LogP contribution in [-0.2, 0) is 21.8 Å². The van der Waals surface area contributed by atoms with Crippen molar-refractivity contribution in [1.82, 2.24) is 9.97 Å². The summed E-state index contributed by atoms with van der Waals surface area (Å²) in [5, 5.41) is 13.1. The topological polar surface area (TPSA) is 184 Å². The molecule has 2 heterocycles. The summed E-state index contributed by atoms with van der Waals surface area (Å²) < 4.78 is 287. The number of aromatic nitrogens is 2. The zero-order valence-corrected chi connectivity index (χ0v) is 37.5. The highest BCUT2D eigenvalue weighted by atomic mass is 19.4. The van der Waals surface area contributed by atoms with E-state index in [1.54, 1.807) is 0 Å². The van der Waals surface area contributed by atoms with Crippen molar-refractivity contribution >= 4 is 35.1 Å². The second-order valence-corrected chi connectivity index (χ2v) is 14.1. The minimum Gasteiger partial charge on any atom is -0.508 e. The van der Waals surface area contributed by atoms with Gasteiger partial charge in [0, 0.05) is 43.1 Å². The van der Waals surface area contributed by atoms with Gasteiger partial charge in [0.1, 0.15) is 45.6 Å². The highest BCUT2D eigenvalue weighted by Gasteiger charge is 2.39. The number of esters is 2. The van der Waals surface area contributed by atoms with Crippen molar-refractivity contribution in [2.45, 2.75) is 38.8 Å². The third kappa shape index (κ3) is 16.0. The highest BCUT2D eigenvalue weighted by Crippen LogP contribution is 2.40. The van der Waals surface area contributed by atoms with E-state index in [2.05, 4.69) is 28.9 Å². The Morgan fingerprint density at radius 2 is 0.922 bits per heavy atom. The van der Waals surface area contributed by atoms with Crippen LogP contribution in [0.25, 0.3) is 0 Å². The number of nitrogens with one attached hydrogen (secondary N) is 2. The summed E-state index contributed by atoms with van der Waals surface area (Å²) in [5.74, 6) is -20.4. The smallest absolute Gasteiger partial charge is 0.508 e. The van der Waals surface area contributed by atoms with Crippen LogP contribution in [-0.4, -0.2) is 65.8 Å². The first kappa shape index (κ1) is 51.6. The van der Waals surface area contributed by atoms with Gasteiger partial charge in [-0.15, -0.1) is 26.3 Å². The number of aromatic hydroxyl groups is 1. The van der Waals surface area contributed by atoms with Crippen LogP contribution in [0.4, 0.5) is 86.0 Å². The van der Waals surface area contributed by atoms with E-state index in [1.807, 2.05) is 10.6 Å². The number of anilines is 2. The molecule has 0 radical (unpaired) electrons. The number of nitrogens with zero attached hydrogens (tertiary/aromatic N) is 2. The van der Waals surface area contributed by atoms with Gasteiger partial charge in [-0.1, -0.05) is 0 Å². The molecular weight excluding hydrogens is 1090 g/mol. The molecule has 0 aliphatic carbocycles. The molecule has 0 bridgehead atoms. The van der Waals surface area contributed by atoms with Crippen molar-refractivity contribution in [1.29, 1.82) is 0 Å². The number of phenolic OH excluding ortho intramolecular Hbond substituents is 1. The Morgan fingerprint density at radius 3 is 1.36 bits per heavy atom. The molecule has 0 aliphatic heterocycles. The van der Waals surface area contributed by atoms with E-state index >= 15 is 4.39 Å². The Kier molecular flexibility index (Phi) is 16.2. The molecule has 2 amide bonds. The van der Waals surface area contributed by atoms with Gasteiger partial charge in [0.25, 0.3) is 11.8 Å². The maximum absolute atomic E-state index is 15.1. The summed E-state index contributed by atoms with van der Waals surface area (Å²) in [7, 11) is 2.09. The number of benzene rings is 4. The SMILES string of the molecule is COC(=O)c1cc(NC(=O)c2c(F)ccc(C(F)(F)F)c2F)ccn1.[2H]C([2H])([2H])c1c(O)ccc(OC(F)(F)F)c1F.[2H]C([2H])([2H])c1c(Oc2ccc(C(F)(F)F)c(F)c2C(=O)Nc2ccnc(C(=O)OC)c2)ccc(OC(F)(F)F)c1F. The van der Waals surface area contributed by atoms with Gasteiger partial charge in [-0.05, 0) is 86.5 Å². The van der Waals surface area contributed by atoms with Crippen molar-refractivity contribution in [2.75, 3.05) is 24.9 Å². The van der Waals surface area contributed by atoms with E-state index in [4.69, 9.17) is 18.1 Å². The lowest BCUT2D eigenvalue weighted by atomic mass is 10.1. The Balaban J connectivity index is 0.000000298. The number of amides is 2. The normalized spacial score (nSPS) is 12.9. The minimum atomic E-state index is -5.43. The largest absolute Gasteiger partial charge is 0.573 e. The van der Waals surface area contributed by atoms with Crippen molar-refractivity contribution in [3.8, 4) is 28.7 Å². The molecule has 6 rings (SSSR count). The fourth-order valence-corrected chi connectivity index (χ4v) is 5.59. The Bertz CT molecular complexity index is 3420. The predicted octanol–water partition coefficient (Wildman–Crippen LogP) is 12.6. The molecule has 31 heteroatoms. The van der Waals surface area contributed by atoms with E-state index in [-0.39, 0.29) is 34.9 Å². The second-order valence-electron chi connectivity index (χ2n) is 14.1. The molecule has 77 heavy (non-hydrogen) atoms. The number of rotatable bonds is 10. The summed E-state index contributed by atoms with van der Waals surface area (Å²) >= 11 is 0. The molecule has 0 saturated heterocycles. The van der Waals surface area contributed by atoms with Gasteiger partial charge in [-0.2, -0.15) is 26.3 Å². The number of hydrogen-bond acceptors (Lipinski definition) is 12. The van der Waals surface area contributed by atoms with Crippen molar-refractivity contribution < 1.29 is 131 Å². The van der Waals surface area contributed by atoms with Gasteiger partial charge >= 0.3 is 37.0 Å². The number of alkyl halides is 12. The van der Waals surface area contributed by atoms with Crippen LogP contribution in [0.15, 0.2) is 85.2 Å². The molecule has 0 unspecified atom stereocenters. The summed E-state index contributed by atoms with van der Waals surface area (Å²) in [6.07, 6.45) is -18.9. The maximum Gasteiger partial charge on any atom is 0.573 e. The van der Waals surface area contributed by atoms with Crippen molar-refractivity contribution in [3.63, 3.8) is 0 Å². The van der Waals surface area contributed by atoms with Gasteiger partial charge in [-0.3, -0.25) is 9.59 Å². The number of hydrogen-bond donors (Lipinski definition) is 3. The zero-order valence-electron chi connectivity index (χ0n) is 43.5. The Morgan fingerprint density at radius 1 is 0.519 bits per heavy atom. The van der Waals surface area contributed by atoms with Gasteiger partial charge in [-0.25, -0.2) is 41.5 Å². The first-order chi connectivity index (χ1) is 38.0. The lowest BCUT2D eigenvalue weighted by Crippen LogP contribution is -2.20. The summed E-state index contributed by atoms with van der Waals surface area (Å²) in [5.41, 5.74) is -10.3. The fraction of sp³-hybridized carbons (Fsp3) is 0.174. The second kappa shape index (κ2) is 24.2. The molecular formula is C46H29F17N4O10. The average Bonchev–Trinajstić information content (AvgIpc) is 3.51. The van der Waals surface area contributed by atoms with Gasteiger partial charge in [0.2, 0.25) is 0 Å². The molecule has 6 aromatic rings. The maximum atomic E-state index is 15.1. The quantitative estimate of drug-likeness (QED) is 0.0872. The average molecular weight is 1130 g/mol. The first-order valence-electron chi connectivity index (χ1n) is 22.7. The van der Waals surface area contributed by atoms with Crippen LogP contribution in [0.3, 0.4) is 0 Å². The number of halogens is 17. The van der Waals surface area contributed by atoms with Gasteiger partial charge in [0.15, 0.2) is 34.8 Å². The van der Waals surface area contributed by atoms with Crippen molar-refractivity contribution in [2.24, 2.45) is 0 Å². The van der Waals surface area contributed by atoms with E-state index in [0.29, 0.717) is 36.4 Å². The number of phenols is 1. The lowest BCUT2D eigenvalue weighted by molar-refractivity contribution is -0.276. The number of carbonyl (C=O) groups excluding carboxylic acids is 4. The van der Waals surface area contributed by atoms with Gasteiger partial charge in [0.05, 0.1) is 25.3 Å². The fourth-order valence-electron chi connectivity index (χ4n) is 5.59. The molecule has 2 aromatic heterocycles. The molecule has 4 aromatic carbocycles. The predicted molar refractivity (Wildman–Crippen MR) is 227 cm³/mol. The Labute approximate surface area is 427 Å². The van der Waals surface area contributed by atoms with Crippen LogP contribution < -0.4 is 24.8 Å². The molecule has 0 aliphatic rings. The van der Waals surface area contributed by atoms with E-state index in [9.17, 15) is 89.4 Å². The van der Waals surface area contributed by atoms with E-state index < -0.39 is 154 Å². The Hall–Kier alpha value is -8.93. The van der Waals surface area contributed by atoms with Crippen LogP contribution in [0.2, 0.25) is 0 Å². The van der Waals surface area contributed by atoms with E-state index in [1.165, 1.54) is 6.07 Å². The van der Waals surface area contributed by atoms with Crippen LogP contribution >= 0.6 is 0 Å². The third-order valence-corrected chi connectivity index (χ3v) is 8.91. The minimum absolute atomic E-state index is 0.114. The zero-order chi connectivity index (χ0) is 63.1. The monoisotopic (exact) mass is 1130 g/mol. The van der Waals surface area contributed by atoms with E-state index in [0.717, 1.165) is 44.8 Å². The molecule has 14 nitrogen and oxygen atoms in total.